The highest BCUT2D eigenvalue weighted by atomic mass is 35.5. The molecule has 2 rings (SSSR count). The van der Waals surface area contributed by atoms with Crippen molar-refractivity contribution >= 4 is 18.3 Å². The van der Waals surface area contributed by atoms with Gasteiger partial charge in [-0.3, -0.25) is 4.79 Å². The third-order valence-electron chi connectivity index (χ3n) is 3.88. The number of amides is 1. The molecule has 0 radical (unpaired) electrons. The Balaban J connectivity index is 0.00000242. The first kappa shape index (κ1) is 18.8. The van der Waals surface area contributed by atoms with Gasteiger partial charge in [0.05, 0.1) is 11.1 Å². The number of benzene rings is 1. The average Bonchev–Trinajstić information content (AvgIpc) is 2.45. The van der Waals surface area contributed by atoms with E-state index in [4.69, 9.17) is 0 Å². The maximum atomic E-state index is 12.9. The van der Waals surface area contributed by atoms with Gasteiger partial charge >= 0.3 is 6.18 Å². The largest absolute Gasteiger partial charge is 0.416 e. The average molecular weight is 337 g/mol. The van der Waals surface area contributed by atoms with Crippen LogP contribution >= 0.6 is 12.4 Å². The van der Waals surface area contributed by atoms with Crippen LogP contribution in [-0.4, -0.2) is 18.0 Å². The van der Waals surface area contributed by atoms with Crippen LogP contribution in [0.25, 0.3) is 0 Å². The minimum Gasteiger partial charge on any atom is -0.350 e. The van der Waals surface area contributed by atoms with Crippen LogP contribution in [0.1, 0.15) is 37.3 Å². The van der Waals surface area contributed by atoms with Crippen molar-refractivity contribution in [2.45, 2.75) is 44.4 Å². The zero-order chi connectivity index (χ0) is 15.5. The molecule has 1 heterocycles. The molecular weight excluding hydrogens is 317 g/mol. The lowest BCUT2D eigenvalue weighted by Gasteiger charge is -2.33. The molecule has 1 aliphatic heterocycles. The van der Waals surface area contributed by atoms with Crippen molar-refractivity contribution < 1.29 is 18.0 Å². The summed E-state index contributed by atoms with van der Waals surface area (Å²) in [5, 5.41) is 5.76. The van der Waals surface area contributed by atoms with Crippen molar-refractivity contribution in [2.75, 3.05) is 6.54 Å². The van der Waals surface area contributed by atoms with E-state index >= 15 is 0 Å². The Labute approximate surface area is 134 Å². The van der Waals surface area contributed by atoms with E-state index in [0.717, 1.165) is 25.5 Å². The van der Waals surface area contributed by atoms with E-state index in [2.05, 4.69) is 10.6 Å². The highest BCUT2D eigenvalue weighted by Gasteiger charge is 2.35. The predicted molar refractivity (Wildman–Crippen MR) is 80.8 cm³/mol. The first-order chi connectivity index (χ1) is 9.83. The van der Waals surface area contributed by atoms with Crippen molar-refractivity contribution in [3.05, 3.63) is 35.4 Å². The van der Waals surface area contributed by atoms with Gasteiger partial charge in [0.15, 0.2) is 0 Å². The molecule has 124 valence electrons. The minimum absolute atomic E-state index is 0. The summed E-state index contributed by atoms with van der Waals surface area (Å²) in [4.78, 5) is 12.2. The summed E-state index contributed by atoms with van der Waals surface area (Å²) in [6, 6.07) is 5.30. The molecule has 3 nitrogen and oxygen atoms in total. The molecule has 1 fully saturated rings. The van der Waals surface area contributed by atoms with Crippen LogP contribution in [0, 0.1) is 0 Å². The summed E-state index contributed by atoms with van der Waals surface area (Å²) in [6.45, 7) is 2.42. The number of halogens is 4. The SMILES string of the molecule is CC1(C(=O)NCc2ccccc2C(F)(F)F)CCCCN1.Cl. The summed E-state index contributed by atoms with van der Waals surface area (Å²) in [7, 11) is 0. The summed E-state index contributed by atoms with van der Waals surface area (Å²) in [5.41, 5.74) is -1.31. The fourth-order valence-electron chi connectivity index (χ4n) is 2.57. The van der Waals surface area contributed by atoms with Crippen molar-refractivity contribution in [1.29, 1.82) is 0 Å². The molecule has 0 aliphatic carbocycles. The molecule has 1 aromatic carbocycles. The maximum absolute atomic E-state index is 12.9. The van der Waals surface area contributed by atoms with E-state index in [0.29, 0.717) is 6.42 Å². The fourth-order valence-corrected chi connectivity index (χ4v) is 2.57. The van der Waals surface area contributed by atoms with E-state index in [1.54, 1.807) is 6.92 Å². The second-order valence-electron chi connectivity index (χ2n) is 5.55. The van der Waals surface area contributed by atoms with Crippen LogP contribution < -0.4 is 10.6 Å². The third kappa shape index (κ3) is 4.36. The number of nitrogens with one attached hydrogen (secondary N) is 2. The summed E-state index contributed by atoms with van der Waals surface area (Å²) < 4.78 is 38.6. The second kappa shape index (κ2) is 7.33. The monoisotopic (exact) mass is 336 g/mol. The third-order valence-corrected chi connectivity index (χ3v) is 3.88. The molecule has 7 heteroatoms. The normalized spacial score (nSPS) is 21.8. The van der Waals surface area contributed by atoms with Gasteiger partial charge in [-0.05, 0) is 44.4 Å². The molecule has 1 aliphatic rings. The van der Waals surface area contributed by atoms with E-state index in [9.17, 15) is 18.0 Å². The number of hydrogen-bond donors (Lipinski definition) is 2. The molecule has 0 aromatic heterocycles. The van der Waals surface area contributed by atoms with Gasteiger partial charge in [-0.1, -0.05) is 18.2 Å². The lowest BCUT2D eigenvalue weighted by atomic mass is 9.90. The predicted octanol–water partition coefficient (Wildman–Crippen LogP) is 3.28. The summed E-state index contributed by atoms with van der Waals surface area (Å²) >= 11 is 0. The first-order valence-electron chi connectivity index (χ1n) is 7.01. The van der Waals surface area contributed by atoms with Gasteiger partial charge in [-0.15, -0.1) is 12.4 Å². The topological polar surface area (TPSA) is 41.1 Å². The van der Waals surface area contributed by atoms with Crippen molar-refractivity contribution in [1.82, 2.24) is 10.6 Å². The van der Waals surface area contributed by atoms with E-state index < -0.39 is 17.3 Å². The van der Waals surface area contributed by atoms with Crippen molar-refractivity contribution in [3.63, 3.8) is 0 Å². The van der Waals surface area contributed by atoms with Gasteiger partial charge < -0.3 is 10.6 Å². The molecular formula is C15H20ClF3N2O. The number of alkyl halides is 3. The lowest BCUT2D eigenvalue weighted by Crippen LogP contribution is -2.56. The molecule has 2 N–H and O–H groups in total. The number of rotatable bonds is 3. The van der Waals surface area contributed by atoms with Gasteiger partial charge in [-0.2, -0.15) is 13.2 Å². The first-order valence-corrected chi connectivity index (χ1v) is 7.01. The van der Waals surface area contributed by atoms with Crippen LogP contribution in [0.15, 0.2) is 24.3 Å². The van der Waals surface area contributed by atoms with E-state index in [1.165, 1.54) is 18.2 Å². The summed E-state index contributed by atoms with van der Waals surface area (Å²) in [6.07, 6.45) is -1.76. The van der Waals surface area contributed by atoms with E-state index in [-0.39, 0.29) is 30.4 Å². The Hall–Kier alpha value is -1.27. The van der Waals surface area contributed by atoms with Crippen LogP contribution in [0.4, 0.5) is 13.2 Å². The smallest absolute Gasteiger partial charge is 0.350 e. The van der Waals surface area contributed by atoms with Crippen LogP contribution in [0.5, 0.6) is 0 Å². The molecule has 1 aromatic rings. The van der Waals surface area contributed by atoms with Crippen molar-refractivity contribution in [3.8, 4) is 0 Å². The Kier molecular flexibility index (Phi) is 6.26. The fraction of sp³-hybridized carbons (Fsp3) is 0.533. The Morgan fingerprint density at radius 3 is 2.59 bits per heavy atom. The van der Waals surface area contributed by atoms with Gasteiger partial charge in [0.2, 0.25) is 5.91 Å². The Morgan fingerprint density at radius 1 is 1.32 bits per heavy atom. The Morgan fingerprint density at radius 2 is 2.00 bits per heavy atom. The number of piperidine rings is 1. The summed E-state index contributed by atoms with van der Waals surface area (Å²) in [5.74, 6) is -0.251. The standard InChI is InChI=1S/C15H19F3N2O.ClH/c1-14(8-4-5-9-20-14)13(21)19-10-11-6-2-3-7-12(11)15(16,17)18;/h2-3,6-7,20H,4-5,8-10H2,1H3,(H,19,21);1H. The molecule has 1 atom stereocenters. The van der Waals surface area contributed by atoms with Crippen LogP contribution in [0.2, 0.25) is 0 Å². The van der Waals surface area contributed by atoms with Gasteiger partial charge in [-0.25, -0.2) is 0 Å². The molecule has 0 saturated carbocycles. The molecule has 1 amide bonds. The van der Waals surface area contributed by atoms with Gasteiger partial charge in [0.1, 0.15) is 0 Å². The van der Waals surface area contributed by atoms with E-state index in [1.807, 2.05) is 0 Å². The molecule has 1 unspecified atom stereocenters. The molecule has 22 heavy (non-hydrogen) atoms. The van der Waals surface area contributed by atoms with Gasteiger partial charge in [0.25, 0.3) is 0 Å². The molecule has 1 saturated heterocycles. The molecule has 0 bridgehead atoms. The highest BCUT2D eigenvalue weighted by molar-refractivity contribution is 5.86. The maximum Gasteiger partial charge on any atom is 0.416 e. The lowest BCUT2D eigenvalue weighted by molar-refractivity contribution is -0.138. The molecule has 0 spiro atoms. The zero-order valence-electron chi connectivity index (χ0n) is 12.3. The number of carbonyl (C=O) groups excluding carboxylic acids is 1. The van der Waals surface area contributed by atoms with Crippen LogP contribution in [0.3, 0.4) is 0 Å². The minimum atomic E-state index is -4.41. The Bertz CT molecular complexity index is 514. The van der Waals surface area contributed by atoms with Crippen molar-refractivity contribution in [2.24, 2.45) is 0 Å². The zero-order valence-corrected chi connectivity index (χ0v) is 13.1. The number of hydrogen-bond acceptors (Lipinski definition) is 2. The number of carbonyl (C=O) groups is 1. The van der Waals surface area contributed by atoms with Crippen LogP contribution in [-0.2, 0) is 17.5 Å². The quantitative estimate of drug-likeness (QED) is 0.889. The highest BCUT2D eigenvalue weighted by Crippen LogP contribution is 2.31. The second-order valence-corrected chi connectivity index (χ2v) is 5.55. The van der Waals surface area contributed by atoms with Gasteiger partial charge in [0, 0.05) is 6.54 Å².